The zero-order chi connectivity index (χ0) is 24.1. The molecule has 1 aliphatic rings. The summed E-state index contributed by atoms with van der Waals surface area (Å²) in [6.07, 6.45) is 0.720. The van der Waals surface area contributed by atoms with Crippen LogP contribution in [0.1, 0.15) is 43.3 Å². The van der Waals surface area contributed by atoms with E-state index in [1.54, 1.807) is 12.0 Å². The molecule has 178 valence electrons. The minimum Gasteiger partial charge on any atom is -0.497 e. The van der Waals surface area contributed by atoms with E-state index in [1.165, 1.54) is 0 Å². The average molecular weight is 463 g/mol. The minimum absolute atomic E-state index is 0.169. The summed E-state index contributed by atoms with van der Waals surface area (Å²) in [6, 6.07) is 14.9. The number of carbonyl (C=O) groups excluding carboxylic acids is 1. The van der Waals surface area contributed by atoms with Gasteiger partial charge in [0.25, 0.3) is 5.89 Å². The van der Waals surface area contributed by atoms with Crippen molar-refractivity contribution in [1.82, 2.24) is 20.4 Å². The summed E-state index contributed by atoms with van der Waals surface area (Å²) in [5.41, 5.74) is 4.43. The van der Waals surface area contributed by atoms with Crippen LogP contribution >= 0.6 is 0 Å². The number of aromatic nitrogens is 2. The zero-order valence-corrected chi connectivity index (χ0v) is 20.0. The lowest BCUT2D eigenvalue weighted by Gasteiger charge is -2.35. The third-order valence-corrected chi connectivity index (χ3v) is 5.85. The number of benzene rings is 2. The maximum atomic E-state index is 13.1. The van der Waals surface area contributed by atoms with Gasteiger partial charge < -0.3 is 19.3 Å². The molecular formula is C26H30N4O4. The molecule has 1 aromatic heterocycles. The molecule has 0 aliphatic carbocycles. The number of hydrogen-bond donors (Lipinski definition) is 1. The molecule has 1 N–H and O–H groups in total. The van der Waals surface area contributed by atoms with Crippen molar-refractivity contribution in [2.24, 2.45) is 0 Å². The van der Waals surface area contributed by atoms with Gasteiger partial charge in [-0.15, -0.1) is 0 Å². The second-order valence-corrected chi connectivity index (χ2v) is 8.15. The van der Waals surface area contributed by atoms with Crippen molar-refractivity contribution in [3.05, 3.63) is 71.2 Å². The Morgan fingerprint density at radius 2 is 1.94 bits per heavy atom. The molecule has 0 bridgehead atoms. The quantitative estimate of drug-likeness (QED) is 0.451. The lowest BCUT2D eigenvalue weighted by atomic mass is 9.94. The number of nitrogens with zero attached hydrogens (tertiary/aromatic N) is 3. The van der Waals surface area contributed by atoms with Gasteiger partial charge in [0, 0.05) is 31.0 Å². The normalized spacial score (nSPS) is 16.1. The first kappa shape index (κ1) is 23.5. The molecular weight excluding hydrogens is 432 g/mol. The van der Waals surface area contributed by atoms with E-state index in [0.29, 0.717) is 31.5 Å². The van der Waals surface area contributed by atoms with E-state index in [2.05, 4.69) is 10.5 Å². The molecule has 8 heteroatoms. The van der Waals surface area contributed by atoms with Crippen LogP contribution in [0, 0.1) is 6.92 Å². The van der Waals surface area contributed by atoms with Crippen molar-refractivity contribution in [2.45, 2.75) is 33.2 Å². The largest absolute Gasteiger partial charge is 0.497 e. The highest BCUT2D eigenvalue weighted by atomic mass is 16.5. The first-order valence-electron chi connectivity index (χ1n) is 11.4. The van der Waals surface area contributed by atoms with E-state index in [4.69, 9.17) is 19.0 Å². The first-order chi connectivity index (χ1) is 16.5. The van der Waals surface area contributed by atoms with Gasteiger partial charge in [-0.2, -0.15) is 4.98 Å². The van der Waals surface area contributed by atoms with Crippen LogP contribution in [0.2, 0.25) is 0 Å². The molecule has 0 saturated heterocycles. The summed E-state index contributed by atoms with van der Waals surface area (Å²) in [5.74, 6) is 1.63. The molecule has 34 heavy (non-hydrogen) atoms. The summed E-state index contributed by atoms with van der Waals surface area (Å²) >= 11 is 0. The van der Waals surface area contributed by atoms with Gasteiger partial charge >= 0.3 is 6.03 Å². The van der Waals surface area contributed by atoms with Crippen molar-refractivity contribution in [1.29, 1.82) is 0 Å². The van der Waals surface area contributed by atoms with E-state index in [0.717, 1.165) is 40.1 Å². The number of aryl methyl sites for hydroxylation is 1. The molecule has 8 nitrogen and oxygen atoms in total. The first-order valence-corrected chi connectivity index (χ1v) is 11.4. The van der Waals surface area contributed by atoms with E-state index in [9.17, 15) is 4.79 Å². The molecule has 0 saturated carbocycles. The van der Waals surface area contributed by atoms with Crippen molar-refractivity contribution in [3.63, 3.8) is 0 Å². The molecule has 2 heterocycles. The number of nitrogens with one attached hydrogen (secondary N) is 1. The Hall–Kier alpha value is -3.65. The van der Waals surface area contributed by atoms with Crippen LogP contribution in [0.25, 0.3) is 17.0 Å². The molecule has 1 aliphatic heterocycles. The van der Waals surface area contributed by atoms with Crippen molar-refractivity contribution in [3.8, 4) is 17.1 Å². The van der Waals surface area contributed by atoms with Gasteiger partial charge in [-0.3, -0.25) is 4.90 Å². The molecule has 4 rings (SSSR count). The van der Waals surface area contributed by atoms with Crippen LogP contribution in [0.15, 0.2) is 58.8 Å². The van der Waals surface area contributed by atoms with Gasteiger partial charge in [0.2, 0.25) is 5.82 Å². The summed E-state index contributed by atoms with van der Waals surface area (Å²) in [6.45, 7) is 7.65. The van der Waals surface area contributed by atoms with E-state index >= 15 is 0 Å². The Kier molecular flexibility index (Phi) is 7.27. The SMILES string of the molecule is CCOCCCN1C(=O)NC(c2ccc(OC)cc2)C(c2nc(-c3cccc(C)c3)no2)=C1C. The summed E-state index contributed by atoms with van der Waals surface area (Å²) in [7, 11) is 1.62. The van der Waals surface area contributed by atoms with Gasteiger partial charge in [0.05, 0.1) is 18.7 Å². The maximum Gasteiger partial charge on any atom is 0.322 e. The summed E-state index contributed by atoms with van der Waals surface area (Å²) in [4.78, 5) is 19.5. The van der Waals surface area contributed by atoms with Crippen LogP contribution < -0.4 is 10.1 Å². The molecule has 1 atom stereocenters. The standard InChI is InChI=1S/C26H30N4O4/c1-5-33-15-7-14-30-18(3)22(23(27-26(30)31)19-10-12-21(32-4)13-11-19)25-28-24(29-34-25)20-9-6-8-17(2)16-20/h6,8-13,16,23H,5,7,14-15H2,1-4H3,(H,27,31). The van der Waals surface area contributed by atoms with Gasteiger partial charge in [-0.05, 0) is 51.0 Å². The lowest BCUT2D eigenvalue weighted by molar-refractivity contribution is 0.136. The minimum atomic E-state index is -0.438. The fourth-order valence-corrected chi connectivity index (χ4v) is 4.08. The number of ether oxygens (including phenoxy) is 2. The topological polar surface area (TPSA) is 89.7 Å². The molecule has 2 amide bonds. The second kappa shape index (κ2) is 10.5. The van der Waals surface area contributed by atoms with Crippen LogP contribution in [-0.4, -0.2) is 47.9 Å². The van der Waals surface area contributed by atoms with Crippen LogP contribution in [-0.2, 0) is 4.74 Å². The molecule has 0 fully saturated rings. The predicted octanol–water partition coefficient (Wildman–Crippen LogP) is 4.98. The Morgan fingerprint density at radius 3 is 2.65 bits per heavy atom. The highest BCUT2D eigenvalue weighted by molar-refractivity contribution is 5.86. The predicted molar refractivity (Wildman–Crippen MR) is 129 cm³/mol. The van der Waals surface area contributed by atoms with E-state index in [1.807, 2.05) is 69.3 Å². The Morgan fingerprint density at radius 1 is 1.15 bits per heavy atom. The fraction of sp³-hybridized carbons (Fsp3) is 0.346. The monoisotopic (exact) mass is 462 g/mol. The van der Waals surface area contributed by atoms with Crippen molar-refractivity contribution < 1.29 is 18.8 Å². The fourth-order valence-electron chi connectivity index (χ4n) is 4.08. The van der Waals surface area contributed by atoms with Crippen LogP contribution in [0.5, 0.6) is 5.75 Å². The Balaban J connectivity index is 1.73. The Bertz CT molecular complexity index is 1170. The van der Waals surface area contributed by atoms with Crippen molar-refractivity contribution in [2.75, 3.05) is 26.9 Å². The Labute approximate surface area is 199 Å². The number of rotatable bonds is 9. The smallest absolute Gasteiger partial charge is 0.322 e. The van der Waals surface area contributed by atoms with Gasteiger partial charge in [0.15, 0.2) is 0 Å². The third kappa shape index (κ3) is 4.97. The summed E-state index contributed by atoms with van der Waals surface area (Å²) in [5, 5.41) is 7.35. The van der Waals surface area contributed by atoms with Gasteiger partial charge in [0.1, 0.15) is 5.75 Å². The number of urea groups is 1. The van der Waals surface area contributed by atoms with Crippen molar-refractivity contribution >= 4 is 11.6 Å². The number of allylic oxidation sites excluding steroid dienone is 1. The molecule has 2 aromatic carbocycles. The number of methoxy groups -OCH3 is 1. The van der Waals surface area contributed by atoms with Gasteiger partial charge in [-0.25, -0.2) is 4.79 Å². The molecule has 0 radical (unpaired) electrons. The van der Waals surface area contributed by atoms with Crippen LogP contribution in [0.3, 0.4) is 0 Å². The lowest BCUT2D eigenvalue weighted by Crippen LogP contribution is -2.46. The van der Waals surface area contributed by atoms with Gasteiger partial charge in [-0.1, -0.05) is 41.1 Å². The molecule has 0 spiro atoms. The highest BCUT2D eigenvalue weighted by Crippen LogP contribution is 2.37. The average Bonchev–Trinajstić information content (AvgIpc) is 3.33. The maximum absolute atomic E-state index is 13.1. The second-order valence-electron chi connectivity index (χ2n) is 8.15. The molecule has 1 unspecified atom stereocenters. The van der Waals surface area contributed by atoms with E-state index in [-0.39, 0.29) is 6.03 Å². The highest BCUT2D eigenvalue weighted by Gasteiger charge is 2.35. The number of carbonyl (C=O) groups is 1. The zero-order valence-electron chi connectivity index (χ0n) is 20.0. The number of amides is 2. The number of hydrogen-bond acceptors (Lipinski definition) is 6. The summed E-state index contributed by atoms with van der Waals surface area (Å²) < 4.78 is 16.5. The molecule has 3 aromatic rings. The van der Waals surface area contributed by atoms with Crippen LogP contribution in [0.4, 0.5) is 4.79 Å². The third-order valence-electron chi connectivity index (χ3n) is 5.85. The van der Waals surface area contributed by atoms with E-state index < -0.39 is 6.04 Å².